The van der Waals surface area contributed by atoms with Crippen molar-refractivity contribution in [2.45, 2.75) is 31.2 Å². The van der Waals surface area contributed by atoms with Gasteiger partial charge in [-0.3, -0.25) is 4.90 Å². The van der Waals surface area contributed by atoms with Crippen LogP contribution in [0.1, 0.15) is 24.6 Å². The van der Waals surface area contributed by atoms with Gasteiger partial charge in [0.05, 0.1) is 18.6 Å². The molecule has 3 rings (SSSR count). The number of nitrogens with zero attached hydrogens (tertiary/aromatic N) is 3. The Morgan fingerprint density at radius 2 is 2.08 bits per heavy atom. The molecule has 142 valence electrons. The van der Waals surface area contributed by atoms with E-state index in [4.69, 9.17) is 9.15 Å². The van der Waals surface area contributed by atoms with Crippen LogP contribution >= 0.6 is 0 Å². The second kappa shape index (κ2) is 8.15. The number of sulfonamides is 1. The van der Waals surface area contributed by atoms with Crippen molar-refractivity contribution in [3.63, 3.8) is 0 Å². The summed E-state index contributed by atoms with van der Waals surface area (Å²) < 4.78 is 38.1. The number of rotatable bonds is 7. The van der Waals surface area contributed by atoms with Crippen LogP contribution in [-0.2, 0) is 16.6 Å². The number of piperidine rings is 1. The molecular weight excluding hydrogens is 356 g/mol. The van der Waals surface area contributed by atoms with Crippen molar-refractivity contribution < 1.29 is 17.6 Å². The van der Waals surface area contributed by atoms with Gasteiger partial charge in [0, 0.05) is 20.0 Å². The highest BCUT2D eigenvalue weighted by Crippen LogP contribution is 2.19. The van der Waals surface area contributed by atoms with Gasteiger partial charge >= 0.3 is 0 Å². The fourth-order valence-electron chi connectivity index (χ4n) is 3.12. The summed E-state index contributed by atoms with van der Waals surface area (Å²) in [6, 6.07) is 6.38. The van der Waals surface area contributed by atoms with Gasteiger partial charge in [-0.2, -0.15) is 0 Å². The van der Waals surface area contributed by atoms with Crippen LogP contribution < -0.4 is 9.46 Å². The molecule has 0 saturated carbocycles. The van der Waals surface area contributed by atoms with Crippen molar-refractivity contribution in [3.8, 4) is 5.75 Å². The number of aromatic nitrogens is 2. The van der Waals surface area contributed by atoms with Crippen molar-refractivity contribution in [3.05, 3.63) is 36.0 Å². The maximum absolute atomic E-state index is 12.5. The van der Waals surface area contributed by atoms with E-state index < -0.39 is 10.0 Å². The average molecular weight is 380 g/mol. The van der Waals surface area contributed by atoms with E-state index in [0.717, 1.165) is 25.9 Å². The van der Waals surface area contributed by atoms with E-state index in [1.54, 1.807) is 38.3 Å². The smallest absolute Gasteiger partial charge is 0.240 e. The summed E-state index contributed by atoms with van der Waals surface area (Å²) in [4.78, 5) is 2.47. The maximum atomic E-state index is 12.5. The van der Waals surface area contributed by atoms with E-state index in [1.165, 1.54) is 0 Å². The van der Waals surface area contributed by atoms with E-state index in [-0.39, 0.29) is 10.8 Å². The van der Waals surface area contributed by atoms with Crippen LogP contribution in [-0.4, -0.2) is 50.3 Å². The van der Waals surface area contributed by atoms with E-state index in [2.05, 4.69) is 19.8 Å². The second-order valence-electron chi connectivity index (χ2n) is 6.49. The van der Waals surface area contributed by atoms with Crippen molar-refractivity contribution in [2.75, 3.05) is 26.7 Å². The first kappa shape index (κ1) is 18.8. The standard InChI is InChI=1S/C17H24N4O4S/c1-13-19-20-17(25-13)12-21-9-3-4-14(11-21)10-18-26(22,23)16-7-5-15(24-2)6-8-16/h5-8,14,18H,3-4,9-12H2,1-2H3/t14-/m1/s1. The molecule has 1 fully saturated rings. The zero-order chi connectivity index (χ0) is 18.6. The predicted octanol–water partition coefficient (Wildman–Crippen LogP) is 1.58. The molecular formula is C17H24N4O4S. The Morgan fingerprint density at radius 3 is 2.73 bits per heavy atom. The lowest BCUT2D eigenvalue weighted by Crippen LogP contribution is -2.40. The molecule has 1 aliphatic rings. The Bertz CT molecular complexity index is 820. The monoisotopic (exact) mass is 380 g/mol. The van der Waals surface area contributed by atoms with Gasteiger partial charge in [-0.25, -0.2) is 13.1 Å². The normalized spacial score (nSPS) is 18.8. The first-order valence-electron chi connectivity index (χ1n) is 8.61. The summed E-state index contributed by atoms with van der Waals surface area (Å²) in [6.07, 6.45) is 2.01. The Kier molecular flexibility index (Phi) is 5.90. The molecule has 9 heteroatoms. The molecule has 0 spiro atoms. The van der Waals surface area contributed by atoms with Crippen molar-refractivity contribution in [2.24, 2.45) is 5.92 Å². The fraction of sp³-hybridized carbons (Fsp3) is 0.529. The number of aryl methyl sites for hydroxylation is 1. The Labute approximate surface area is 153 Å². The Morgan fingerprint density at radius 1 is 1.31 bits per heavy atom. The van der Waals surface area contributed by atoms with Crippen LogP contribution in [0.25, 0.3) is 0 Å². The summed E-state index contributed by atoms with van der Waals surface area (Å²) in [5.41, 5.74) is 0. The molecule has 1 atom stereocenters. The summed E-state index contributed by atoms with van der Waals surface area (Å²) in [6.45, 7) is 4.52. The summed E-state index contributed by atoms with van der Waals surface area (Å²) in [5.74, 6) is 2.03. The summed E-state index contributed by atoms with van der Waals surface area (Å²) in [7, 11) is -1.97. The average Bonchev–Trinajstić information content (AvgIpc) is 3.05. The van der Waals surface area contributed by atoms with E-state index >= 15 is 0 Å². The number of ether oxygens (including phenoxy) is 1. The number of likely N-dealkylation sites (tertiary alicyclic amines) is 1. The van der Waals surface area contributed by atoms with Gasteiger partial charge in [0.15, 0.2) is 0 Å². The van der Waals surface area contributed by atoms with Gasteiger partial charge in [0.2, 0.25) is 21.8 Å². The van der Waals surface area contributed by atoms with Crippen LogP contribution in [0, 0.1) is 12.8 Å². The third-order valence-corrected chi connectivity index (χ3v) is 5.90. The van der Waals surface area contributed by atoms with Gasteiger partial charge in [-0.05, 0) is 49.6 Å². The number of hydrogen-bond acceptors (Lipinski definition) is 7. The largest absolute Gasteiger partial charge is 0.497 e. The molecule has 0 amide bonds. The highest BCUT2D eigenvalue weighted by atomic mass is 32.2. The molecule has 1 aliphatic heterocycles. The van der Waals surface area contributed by atoms with Crippen molar-refractivity contribution in [1.29, 1.82) is 0 Å². The van der Waals surface area contributed by atoms with Crippen LogP contribution in [0.3, 0.4) is 0 Å². The topological polar surface area (TPSA) is 97.6 Å². The maximum Gasteiger partial charge on any atom is 0.240 e. The van der Waals surface area contributed by atoms with Crippen LogP contribution in [0.4, 0.5) is 0 Å². The zero-order valence-electron chi connectivity index (χ0n) is 15.0. The summed E-state index contributed by atoms with van der Waals surface area (Å²) >= 11 is 0. The predicted molar refractivity (Wildman–Crippen MR) is 95.2 cm³/mol. The molecule has 0 radical (unpaired) electrons. The fourth-order valence-corrected chi connectivity index (χ4v) is 4.24. The van der Waals surface area contributed by atoms with Crippen LogP contribution in [0.2, 0.25) is 0 Å². The lowest BCUT2D eigenvalue weighted by Gasteiger charge is -2.31. The van der Waals surface area contributed by atoms with E-state index in [9.17, 15) is 8.42 Å². The molecule has 2 aromatic rings. The van der Waals surface area contributed by atoms with Crippen molar-refractivity contribution >= 4 is 10.0 Å². The Hall–Kier alpha value is -1.97. The minimum Gasteiger partial charge on any atom is -0.497 e. The van der Waals surface area contributed by atoms with Crippen LogP contribution in [0.5, 0.6) is 5.75 Å². The molecule has 0 bridgehead atoms. The SMILES string of the molecule is COc1ccc(S(=O)(=O)NC[C@H]2CCCN(Cc3nnc(C)o3)C2)cc1. The molecule has 1 aromatic carbocycles. The molecule has 0 unspecified atom stereocenters. The lowest BCUT2D eigenvalue weighted by molar-refractivity contribution is 0.155. The van der Waals surface area contributed by atoms with E-state index in [0.29, 0.717) is 30.6 Å². The van der Waals surface area contributed by atoms with E-state index in [1.807, 2.05) is 0 Å². The third kappa shape index (κ3) is 4.80. The zero-order valence-corrected chi connectivity index (χ0v) is 15.8. The highest BCUT2D eigenvalue weighted by molar-refractivity contribution is 7.89. The van der Waals surface area contributed by atoms with Gasteiger partial charge in [0.25, 0.3) is 0 Å². The number of hydrogen-bond donors (Lipinski definition) is 1. The Balaban J connectivity index is 1.54. The first-order valence-corrected chi connectivity index (χ1v) is 10.1. The quantitative estimate of drug-likeness (QED) is 0.779. The number of methoxy groups -OCH3 is 1. The molecule has 1 N–H and O–H groups in total. The number of benzene rings is 1. The summed E-state index contributed by atoms with van der Waals surface area (Å²) in [5, 5.41) is 7.87. The van der Waals surface area contributed by atoms with Crippen LogP contribution in [0.15, 0.2) is 33.6 Å². The molecule has 8 nitrogen and oxygen atoms in total. The minimum absolute atomic E-state index is 0.243. The molecule has 2 heterocycles. The third-order valence-electron chi connectivity index (χ3n) is 4.46. The van der Waals surface area contributed by atoms with Gasteiger partial charge in [-0.15, -0.1) is 10.2 Å². The van der Waals surface area contributed by atoms with Gasteiger partial charge in [0.1, 0.15) is 5.75 Å². The molecule has 1 aromatic heterocycles. The second-order valence-corrected chi connectivity index (χ2v) is 8.25. The van der Waals surface area contributed by atoms with Gasteiger partial charge in [-0.1, -0.05) is 0 Å². The van der Waals surface area contributed by atoms with Gasteiger partial charge < -0.3 is 9.15 Å². The minimum atomic E-state index is -3.52. The number of nitrogens with one attached hydrogen (secondary N) is 1. The highest BCUT2D eigenvalue weighted by Gasteiger charge is 2.23. The first-order chi connectivity index (χ1) is 12.5. The molecule has 26 heavy (non-hydrogen) atoms. The van der Waals surface area contributed by atoms with Crippen molar-refractivity contribution in [1.82, 2.24) is 19.8 Å². The molecule has 1 saturated heterocycles. The molecule has 0 aliphatic carbocycles. The lowest BCUT2D eigenvalue weighted by atomic mass is 9.98.